The first kappa shape index (κ1) is 12.9. The van der Waals surface area contributed by atoms with Gasteiger partial charge in [-0.25, -0.2) is 0 Å². The number of hydrogen-bond donors (Lipinski definition) is 1. The van der Waals surface area contributed by atoms with Crippen molar-refractivity contribution in [2.24, 2.45) is 0 Å². The lowest BCUT2D eigenvalue weighted by Gasteiger charge is -2.14. The first-order valence-electron chi connectivity index (χ1n) is 5.57. The monoisotopic (exact) mass is 261 g/mol. The van der Waals surface area contributed by atoms with E-state index in [0.717, 1.165) is 5.56 Å². The number of benzene rings is 1. The van der Waals surface area contributed by atoms with Gasteiger partial charge in [0, 0.05) is 11.1 Å². The molecule has 0 amide bonds. The summed E-state index contributed by atoms with van der Waals surface area (Å²) in [6.07, 6.45) is 2.90. The van der Waals surface area contributed by atoms with Gasteiger partial charge < -0.3 is 9.84 Å². The van der Waals surface area contributed by atoms with Crippen molar-refractivity contribution in [3.8, 4) is 5.75 Å². The molecule has 2 rings (SSSR count). The predicted octanol–water partition coefficient (Wildman–Crippen LogP) is 2.89. The topological polar surface area (TPSA) is 42.4 Å². The minimum Gasteiger partial charge on any atom is -0.495 e. The molecule has 0 saturated carbocycles. The van der Waals surface area contributed by atoms with Gasteiger partial charge in [-0.3, -0.25) is 4.98 Å². The van der Waals surface area contributed by atoms with E-state index >= 15 is 0 Å². The number of aliphatic hydroxyl groups is 1. The number of hydrogen-bond acceptors (Lipinski definition) is 4. The Labute approximate surface area is 111 Å². The van der Waals surface area contributed by atoms with Gasteiger partial charge in [0.1, 0.15) is 17.5 Å². The van der Waals surface area contributed by atoms with Crippen molar-refractivity contribution in [2.45, 2.75) is 11.0 Å². The average molecular weight is 261 g/mol. The van der Waals surface area contributed by atoms with Gasteiger partial charge in [-0.15, -0.1) is 11.8 Å². The summed E-state index contributed by atoms with van der Waals surface area (Å²) < 4.78 is 5.21. The van der Waals surface area contributed by atoms with Gasteiger partial charge in [0.2, 0.25) is 0 Å². The van der Waals surface area contributed by atoms with E-state index in [1.807, 2.05) is 30.5 Å². The third-order valence-corrected chi connectivity index (χ3v) is 3.45. The molecule has 0 aliphatic rings. The van der Waals surface area contributed by atoms with Crippen molar-refractivity contribution in [3.05, 3.63) is 53.9 Å². The molecular weight excluding hydrogens is 246 g/mol. The molecule has 1 unspecified atom stereocenters. The maximum absolute atomic E-state index is 10.3. The molecule has 0 spiro atoms. The van der Waals surface area contributed by atoms with Gasteiger partial charge in [-0.05, 0) is 36.1 Å². The molecule has 0 aliphatic heterocycles. The van der Waals surface area contributed by atoms with Crippen molar-refractivity contribution in [1.82, 2.24) is 4.98 Å². The fourth-order valence-electron chi connectivity index (χ4n) is 1.72. The van der Waals surface area contributed by atoms with E-state index in [1.165, 1.54) is 4.90 Å². The fraction of sp³-hybridized carbons (Fsp3) is 0.214. The van der Waals surface area contributed by atoms with E-state index < -0.39 is 6.10 Å². The fourth-order valence-corrected chi connectivity index (χ4v) is 2.13. The number of methoxy groups -OCH3 is 1. The van der Waals surface area contributed by atoms with E-state index in [0.29, 0.717) is 11.4 Å². The Bertz CT molecular complexity index is 513. The van der Waals surface area contributed by atoms with E-state index in [1.54, 1.807) is 37.2 Å². The molecule has 0 saturated heterocycles. The molecule has 0 aliphatic carbocycles. The molecule has 1 aromatic carbocycles. The van der Waals surface area contributed by atoms with Crippen LogP contribution in [-0.2, 0) is 0 Å². The molecule has 18 heavy (non-hydrogen) atoms. The highest BCUT2D eigenvalue weighted by Crippen LogP contribution is 2.28. The minimum absolute atomic E-state index is 0.539. The number of aromatic nitrogens is 1. The molecule has 1 atom stereocenters. The second kappa shape index (κ2) is 5.89. The van der Waals surface area contributed by atoms with Crippen LogP contribution in [0.25, 0.3) is 0 Å². The highest BCUT2D eigenvalue weighted by molar-refractivity contribution is 7.98. The van der Waals surface area contributed by atoms with Crippen molar-refractivity contribution in [2.75, 3.05) is 13.4 Å². The van der Waals surface area contributed by atoms with Gasteiger partial charge in [-0.1, -0.05) is 12.1 Å². The SMILES string of the molecule is COc1cccnc1C(O)c1ccc(SC)cc1. The summed E-state index contributed by atoms with van der Waals surface area (Å²) >= 11 is 1.67. The van der Waals surface area contributed by atoms with E-state index in [4.69, 9.17) is 4.74 Å². The van der Waals surface area contributed by atoms with Gasteiger partial charge in [0.15, 0.2) is 0 Å². The van der Waals surface area contributed by atoms with E-state index in [-0.39, 0.29) is 0 Å². The Balaban J connectivity index is 2.31. The Morgan fingerprint density at radius 3 is 2.56 bits per heavy atom. The standard InChI is InChI=1S/C14H15NO2S/c1-17-12-4-3-9-15-13(12)14(16)10-5-7-11(18-2)8-6-10/h3-9,14,16H,1-2H3. The van der Waals surface area contributed by atoms with Crippen LogP contribution in [0, 0.1) is 0 Å². The summed E-state index contributed by atoms with van der Waals surface area (Å²) in [5.74, 6) is 0.596. The van der Waals surface area contributed by atoms with Crippen LogP contribution in [0.1, 0.15) is 17.4 Å². The normalized spacial score (nSPS) is 12.2. The second-order valence-corrected chi connectivity index (χ2v) is 4.65. The van der Waals surface area contributed by atoms with E-state index in [2.05, 4.69) is 4.98 Å². The molecule has 1 N–H and O–H groups in total. The molecule has 4 heteroatoms. The molecule has 0 fully saturated rings. The van der Waals surface area contributed by atoms with Gasteiger partial charge >= 0.3 is 0 Å². The Kier molecular flexibility index (Phi) is 4.23. The average Bonchev–Trinajstić information content (AvgIpc) is 2.46. The van der Waals surface area contributed by atoms with Crippen LogP contribution < -0.4 is 4.74 Å². The lowest BCUT2D eigenvalue weighted by Crippen LogP contribution is -2.04. The number of rotatable bonds is 4. The minimum atomic E-state index is -0.767. The van der Waals surface area contributed by atoms with E-state index in [9.17, 15) is 5.11 Å². The third kappa shape index (κ3) is 2.66. The molecule has 2 aromatic rings. The van der Waals surface area contributed by atoms with Crippen LogP contribution >= 0.6 is 11.8 Å². The Morgan fingerprint density at radius 1 is 1.22 bits per heavy atom. The largest absolute Gasteiger partial charge is 0.495 e. The maximum atomic E-state index is 10.3. The predicted molar refractivity (Wildman–Crippen MR) is 73.1 cm³/mol. The summed E-state index contributed by atoms with van der Waals surface area (Å²) in [6, 6.07) is 11.4. The number of thioether (sulfide) groups is 1. The van der Waals surface area contributed by atoms with Crippen LogP contribution in [0.3, 0.4) is 0 Å². The molecule has 3 nitrogen and oxygen atoms in total. The zero-order valence-electron chi connectivity index (χ0n) is 10.3. The highest BCUT2D eigenvalue weighted by atomic mass is 32.2. The van der Waals surface area contributed by atoms with Gasteiger partial charge in [0.05, 0.1) is 7.11 Å². The van der Waals surface area contributed by atoms with Crippen LogP contribution in [-0.4, -0.2) is 23.5 Å². The Morgan fingerprint density at radius 2 is 1.94 bits per heavy atom. The van der Waals surface area contributed by atoms with Crippen molar-refractivity contribution in [1.29, 1.82) is 0 Å². The summed E-state index contributed by atoms with van der Waals surface area (Å²) in [6.45, 7) is 0. The summed E-state index contributed by atoms with van der Waals surface area (Å²) in [7, 11) is 1.57. The second-order valence-electron chi connectivity index (χ2n) is 3.77. The zero-order valence-corrected chi connectivity index (χ0v) is 11.1. The lowest BCUT2D eigenvalue weighted by molar-refractivity contribution is 0.209. The lowest BCUT2D eigenvalue weighted by atomic mass is 10.1. The van der Waals surface area contributed by atoms with Crippen LogP contribution in [0.15, 0.2) is 47.5 Å². The van der Waals surface area contributed by atoms with Crippen molar-refractivity contribution >= 4 is 11.8 Å². The van der Waals surface area contributed by atoms with Crippen LogP contribution in [0.2, 0.25) is 0 Å². The summed E-state index contributed by atoms with van der Waals surface area (Å²) in [5, 5.41) is 10.3. The van der Waals surface area contributed by atoms with Gasteiger partial charge in [-0.2, -0.15) is 0 Å². The summed E-state index contributed by atoms with van der Waals surface area (Å²) in [5.41, 5.74) is 1.35. The van der Waals surface area contributed by atoms with Crippen molar-refractivity contribution < 1.29 is 9.84 Å². The van der Waals surface area contributed by atoms with Crippen molar-refractivity contribution in [3.63, 3.8) is 0 Å². The molecular formula is C14H15NO2S. The molecule has 1 heterocycles. The summed E-state index contributed by atoms with van der Waals surface area (Å²) in [4.78, 5) is 5.35. The Hall–Kier alpha value is -1.52. The molecule has 0 bridgehead atoms. The van der Waals surface area contributed by atoms with Crippen LogP contribution in [0.4, 0.5) is 0 Å². The zero-order chi connectivity index (χ0) is 13.0. The highest BCUT2D eigenvalue weighted by Gasteiger charge is 2.16. The maximum Gasteiger partial charge on any atom is 0.143 e. The van der Waals surface area contributed by atoms with Gasteiger partial charge in [0.25, 0.3) is 0 Å². The molecule has 94 valence electrons. The van der Waals surface area contributed by atoms with Crippen LogP contribution in [0.5, 0.6) is 5.75 Å². The smallest absolute Gasteiger partial charge is 0.143 e. The number of pyridine rings is 1. The molecule has 0 radical (unpaired) electrons. The molecule has 1 aromatic heterocycles. The first-order valence-corrected chi connectivity index (χ1v) is 6.79. The number of ether oxygens (including phenoxy) is 1. The number of nitrogens with zero attached hydrogens (tertiary/aromatic N) is 1. The first-order chi connectivity index (χ1) is 8.76. The third-order valence-electron chi connectivity index (χ3n) is 2.71. The quantitative estimate of drug-likeness (QED) is 0.859. The number of aliphatic hydroxyl groups excluding tert-OH is 1.